The van der Waals surface area contributed by atoms with Gasteiger partial charge < -0.3 is 10.8 Å². The van der Waals surface area contributed by atoms with Crippen LogP contribution in [0.15, 0.2) is 0 Å². The van der Waals surface area contributed by atoms with E-state index in [-0.39, 0.29) is 24.7 Å². The minimum absolute atomic E-state index is 0.0458. The van der Waals surface area contributed by atoms with E-state index in [0.717, 1.165) is 0 Å². The number of nitrogens with two attached hydrogens (primary N) is 1. The van der Waals surface area contributed by atoms with Crippen molar-refractivity contribution in [1.82, 2.24) is 0 Å². The lowest BCUT2D eigenvalue weighted by molar-refractivity contribution is 0.321. The Bertz CT molecular complexity index is 140. The van der Waals surface area contributed by atoms with Crippen LogP contribution in [0, 0.1) is 4.78 Å². The molecule has 0 aromatic carbocycles. The van der Waals surface area contributed by atoms with Crippen molar-refractivity contribution < 1.29 is 9.32 Å². The number of hydrogen-bond acceptors (Lipinski definition) is 4. The first-order valence-corrected chi connectivity index (χ1v) is 4.57. The number of nitrogens with one attached hydrogen (secondary N) is 1. The van der Waals surface area contributed by atoms with Gasteiger partial charge in [0.2, 0.25) is 0 Å². The number of aliphatic hydroxyl groups excluding tert-OH is 1. The normalized spacial score (nSPS) is 17.1. The molecule has 0 rings (SSSR count). The average Bonchev–Trinajstić information content (AvgIpc) is 1.64. The Morgan fingerprint density at radius 3 is 2.44 bits per heavy atom. The van der Waals surface area contributed by atoms with E-state index in [2.05, 4.69) is 0 Å². The van der Waals surface area contributed by atoms with E-state index in [0.29, 0.717) is 0 Å². The van der Waals surface area contributed by atoms with Gasteiger partial charge in [0.15, 0.2) is 0 Å². The molecule has 4 nitrogen and oxygen atoms in total. The second kappa shape index (κ2) is 3.81. The molecule has 0 saturated carbocycles. The zero-order valence-corrected chi connectivity index (χ0v) is 5.99. The van der Waals surface area contributed by atoms with Crippen LogP contribution in [0.3, 0.4) is 0 Å². The minimum atomic E-state index is -2.56. The van der Waals surface area contributed by atoms with Crippen molar-refractivity contribution in [3.05, 3.63) is 0 Å². The van der Waals surface area contributed by atoms with Crippen molar-refractivity contribution in [2.75, 3.05) is 24.7 Å². The van der Waals surface area contributed by atoms with Gasteiger partial charge in [-0.25, -0.2) is 4.21 Å². The van der Waals surface area contributed by atoms with Crippen LogP contribution in [0.2, 0.25) is 0 Å². The fourth-order valence-corrected chi connectivity index (χ4v) is 1.32. The van der Waals surface area contributed by atoms with Gasteiger partial charge in [-0.15, -0.1) is 0 Å². The monoisotopic (exact) mass is 152 g/mol. The van der Waals surface area contributed by atoms with Crippen molar-refractivity contribution in [2.45, 2.75) is 0 Å². The van der Waals surface area contributed by atoms with E-state index >= 15 is 0 Å². The highest BCUT2D eigenvalue weighted by molar-refractivity contribution is 7.92. The molecular formula is C4H12N2O2S. The third-order valence-electron chi connectivity index (χ3n) is 0.869. The molecule has 0 aromatic rings. The van der Waals surface area contributed by atoms with Crippen LogP contribution in [0.4, 0.5) is 0 Å². The van der Waals surface area contributed by atoms with Crippen LogP contribution < -0.4 is 5.73 Å². The molecule has 0 spiro atoms. The summed E-state index contributed by atoms with van der Waals surface area (Å²) >= 11 is 0. The fourth-order valence-electron chi connectivity index (χ4n) is 0.440. The highest BCUT2D eigenvalue weighted by atomic mass is 32.2. The van der Waals surface area contributed by atoms with Crippen LogP contribution in [0.1, 0.15) is 0 Å². The molecule has 0 bridgehead atoms. The maximum absolute atomic E-state index is 10.8. The highest BCUT2D eigenvalue weighted by Crippen LogP contribution is 1.87. The fraction of sp³-hybridized carbons (Fsp3) is 1.00. The SMILES string of the molecule is N=S(=O)(CCN)CCO. The van der Waals surface area contributed by atoms with E-state index in [9.17, 15) is 4.21 Å². The van der Waals surface area contributed by atoms with Crippen LogP contribution in [-0.4, -0.2) is 34.0 Å². The van der Waals surface area contributed by atoms with Gasteiger partial charge >= 0.3 is 0 Å². The number of aliphatic hydroxyl groups is 1. The second-order valence-electron chi connectivity index (χ2n) is 1.73. The summed E-state index contributed by atoms with van der Waals surface area (Å²) in [5.74, 6) is 0.234. The van der Waals surface area contributed by atoms with E-state index in [1.807, 2.05) is 0 Å². The van der Waals surface area contributed by atoms with Crippen molar-refractivity contribution in [2.24, 2.45) is 5.73 Å². The quantitative estimate of drug-likeness (QED) is 0.482. The summed E-state index contributed by atoms with van der Waals surface area (Å²) < 4.78 is 17.8. The molecule has 56 valence electrons. The smallest absolute Gasteiger partial charge is 0.0555 e. The standard InChI is InChI=1S/C4H12N2O2S/c5-1-3-9(6,8)4-2-7/h6-7H,1-5H2. The third kappa shape index (κ3) is 4.38. The molecule has 1 atom stereocenters. The van der Waals surface area contributed by atoms with Crippen molar-refractivity contribution >= 4 is 9.73 Å². The first-order valence-electron chi connectivity index (χ1n) is 2.67. The van der Waals surface area contributed by atoms with Gasteiger partial charge in [0, 0.05) is 22.0 Å². The molecule has 0 fully saturated rings. The van der Waals surface area contributed by atoms with Crippen LogP contribution in [-0.2, 0) is 9.73 Å². The summed E-state index contributed by atoms with van der Waals surface area (Å²) in [6.45, 7) is 0.0602. The van der Waals surface area contributed by atoms with Crippen LogP contribution >= 0.6 is 0 Å². The van der Waals surface area contributed by atoms with Gasteiger partial charge in [-0.05, 0) is 0 Å². The van der Waals surface area contributed by atoms with Crippen molar-refractivity contribution in [3.63, 3.8) is 0 Å². The molecule has 0 amide bonds. The van der Waals surface area contributed by atoms with E-state index in [1.165, 1.54) is 0 Å². The van der Waals surface area contributed by atoms with Gasteiger partial charge in [0.1, 0.15) is 0 Å². The molecule has 1 unspecified atom stereocenters. The summed E-state index contributed by atoms with van der Waals surface area (Å²) in [6.07, 6.45) is 0. The summed E-state index contributed by atoms with van der Waals surface area (Å²) in [7, 11) is -2.56. The Morgan fingerprint density at radius 2 is 2.11 bits per heavy atom. The largest absolute Gasteiger partial charge is 0.395 e. The molecule has 0 heterocycles. The maximum Gasteiger partial charge on any atom is 0.0555 e. The molecule has 0 aliphatic heterocycles. The second-order valence-corrected chi connectivity index (χ2v) is 4.17. The Kier molecular flexibility index (Phi) is 3.76. The Labute approximate surface area is 55.0 Å². The first-order chi connectivity index (χ1) is 4.12. The first kappa shape index (κ1) is 8.87. The highest BCUT2D eigenvalue weighted by Gasteiger charge is 2.01. The Hall–Kier alpha value is -0.130. The number of hydrogen-bond donors (Lipinski definition) is 3. The van der Waals surface area contributed by atoms with Crippen molar-refractivity contribution in [3.8, 4) is 0 Å². The zero-order valence-electron chi connectivity index (χ0n) is 5.17. The lowest BCUT2D eigenvalue weighted by Gasteiger charge is -2.00. The summed E-state index contributed by atoms with van der Waals surface area (Å²) in [5.41, 5.74) is 5.06. The lowest BCUT2D eigenvalue weighted by atomic mass is 10.8. The van der Waals surface area contributed by atoms with Gasteiger partial charge in [0.05, 0.1) is 12.4 Å². The molecule has 0 radical (unpaired) electrons. The molecule has 4 N–H and O–H groups in total. The topological polar surface area (TPSA) is 87.2 Å². The Balaban J connectivity index is 3.73. The van der Waals surface area contributed by atoms with Crippen molar-refractivity contribution in [1.29, 1.82) is 4.78 Å². The van der Waals surface area contributed by atoms with Gasteiger partial charge in [-0.2, -0.15) is 0 Å². The van der Waals surface area contributed by atoms with E-state index in [4.69, 9.17) is 15.6 Å². The van der Waals surface area contributed by atoms with E-state index < -0.39 is 9.73 Å². The third-order valence-corrected chi connectivity index (χ3v) is 2.61. The molecule has 5 heteroatoms. The maximum atomic E-state index is 10.8. The summed E-state index contributed by atoms with van der Waals surface area (Å²) in [6, 6.07) is 0. The molecule has 0 aliphatic rings. The predicted molar refractivity (Wildman–Crippen MR) is 36.7 cm³/mol. The van der Waals surface area contributed by atoms with Crippen LogP contribution in [0.25, 0.3) is 0 Å². The van der Waals surface area contributed by atoms with E-state index in [1.54, 1.807) is 0 Å². The van der Waals surface area contributed by atoms with Crippen LogP contribution in [0.5, 0.6) is 0 Å². The molecule has 0 saturated heterocycles. The Morgan fingerprint density at radius 1 is 1.56 bits per heavy atom. The molecule has 0 aromatic heterocycles. The molecule has 9 heavy (non-hydrogen) atoms. The zero-order chi connectivity index (χ0) is 7.33. The van der Waals surface area contributed by atoms with Gasteiger partial charge in [-0.1, -0.05) is 0 Å². The predicted octanol–water partition coefficient (Wildman–Crippen LogP) is -1.02. The number of rotatable bonds is 4. The van der Waals surface area contributed by atoms with Gasteiger partial charge in [0.25, 0.3) is 0 Å². The van der Waals surface area contributed by atoms with Gasteiger partial charge in [-0.3, -0.25) is 4.78 Å². The summed E-state index contributed by atoms with van der Waals surface area (Å²) in [5, 5.41) is 8.29. The average molecular weight is 152 g/mol. The minimum Gasteiger partial charge on any atom is -0.395 e. The molecular weight excluding hydrogens is 140 g/mol. The summed E-state index contributed by atoms with van der Waals surface area (Å²) in [4.78, 5) is 0. The molecule has 0 aliphatic carbocycles. The lowest BCUT2D eigenvalue weighted by Crippen LogP contribution is -2.18.